The highest BCUT2D eigenvalue weighted by molar-refractivity contribution is 5.88. The standard InChI is InChI=1S/C12H15NO5/c1-7-9(12(15)16)5-8(18-7)6-13-11(14)10-3-2-4-17-10/h5,10H,2-4,6H2,1H3,(H,13,14)(H,15,16)/t10-/m1/s1. The molecule has 2 N–H and O–H groups in total. The van der Waals surface area contributed by atoms with Crippen LogP contribution in [0, 0.1) is 6.92 Å². The number of hydrogen-bond acceptors (Lipinski definition) is 4. The van der Waals surface area contributed by atoms with Gasteiger partial charge in [0.2, 0.25) is 5.91 Å². The molecule has 6 nitrogen and oxygen atoms in total. The summed E-state index contributed by atoms with van der Waals surface area (Å²) in [5.41, 5.74) is 0.122. The number of carbonyl (C=O) groups excluding carboxylic acids is 1. The molecule has 1 atom stereocenters. The number of ether oxygens (including phenoxy) is 1. The highest BCUT2D eigenvalue weighted by atomic mass is 16.5. The van der Waals surface area contributed by atoms with Crippen LogP contribution in [0.1, 0.15) is 34.7 Å². The summed E-state index contributed by atoms with van der Waals surface area (Å²) in [5.74, 6) is -0.452. The van der Waals surface area contributed by atoms with E-state index in [1.807, 2.05) is 0 Å². The lowest BCUT2D eigenvalue weighted by Gasteiger charge is -2.08. The van der Waals surface area contributed by atoms with Gasteiger partial charge in [0, 0.05) is 6.61 Å². The molecule has 1 amide bonds. The van der Waals surface area contributed by atoms with Gasteiger partial charge >= 0.3 is 5.97 Å². The summed E-state index contributed by atoms with van der Waals surface area (Å²) in [6, 6.07) is 1.42. The Hall–Kier alpha value is -1.82. The molecule has 1 saturated heterocycles. The van der Waals surface area contributed by atoms with E-state index in [4.69, 9.17) is 14.3 Å². The highest BCUT2D eigenvalue weighted by Crippen LogP contribution is 2.15. The second-order valence-corrected chi connectivity index (χ2v) is 4.21. The van der Waals surface area contributed by atoms with Gasteiger partial charge in [0.05, 0.1) is 6.54 Å². The fourth-order valence-electron chi connectivity index (χ4n) is 1.92. The first-order valence-corrected chi connectivity index (χ1v) is 5.80. The molecule has 1 aromatic heterocycles. The summed E-state index contributed by atoms with van der Waals surface area (Å²) in [6.45, 7) is 2.36. The molecule has 0 unspecified atom stereocenters. The van der Waals surface area contributed by atoms with Crippen molar-refractivity contribution >= 4 is 11.9 Å². The number of nitrogens with one attached hydrogen (secondary N) is 1. The molecule has 1 aromatic rings. The Morgan fingerprint density at radius 1 is 1.56 bits per heavy atom. The number of carbonyl (C=O) groups is 2. The number of furan rings is 1. The smallest absolute Gasteiger partial charge is 0.339 e. The van der Waals surface area contributed by atoms with Crippen molar-refractivity contribution in [3.8, 4) is 0 Å². The third-order valence-electron chi connectivity index (χ3n) is 2.86. The van der Waals surface area contributed by atoms with E-state index < -0.39 is 5.97 Å². The Morgan fingerprint density at radius 2 is 2.33 bits per heavy atom. The normalized spacial score (nSPS) is 18.8. The summed E-state index contributed by atoms with van der Waals surface area (Å²) in [7, 11) is 0. The monoisotopic (exact) mass is 253 g/mol. The van der Waals surface area contributed by atoms with E-state index in [1.165, 1.54) is 6.07 Å². The third kappa shape index (κ3) is 2.70. The number of carboxylic acids is 1. The van der Waals surface area contributed by atoms with Crippen molar-refractivity contribution in [3.63, 3.8) is 0 Å². The molecule has 0 aromatic carbocycles. The van der Waals surface area contributed by atoms with Crippen molar-refractivity contribution in [3.05, 3.63) is 23.2 Å². The zero-order valence-electron chi connectivity index (χ0n) is 10.1. The van der Waals surface area contributed by atoms with Crippen molar-refractivity contribution in [2.24, 2.45) is 0 Å². The maximum Gasteiger partial charge on any atom is 0.339 e. The Kier molecular flexibility index (Phi) is 3.66. The average molecular weight is 253 g/mol. The van der Waals surface area contributed by atoms with Gasteiger partial charge in [-0.05, 0) is 25.8 Å². The molecule has 0 saturated carbocycles. The largest absolute Gasteiger partial charge is 0.478 e. The van der Waals surface area contributed by atoms with Crippen LogP contribution < -0.4 is 5.32 Å². The minimum Gasteiger partial charge on any atom is -0.478 e. The van der Waals surface area contributed by atoms with Gasteiger partial charge in [-0.1, -0.05) is 0 Å². The van der Waals surface area contributed by atoms with Gasteiger partial charge in [-0.2, -0.15) is 0 Å². The van der Waals surface area contributed by atoms with Crippen LogP contribution in [0.2, 0.25) is 0 Å². The summed E-state index contributed by atoms with van der Waals surface area (Å²) in [6.07, 6.45) is 1.23. The summed E-state index contributed by atoms with van der Waals surface area (Å²) in [5, 5.41) is 11.5. The van der Waals surface area contributed by atoms with Crippen LogP contribution in [-0.2, 0) is 16.1 Å². The van der Waals surface area contributed by atoms with Crippen LogP contribution >= 0.6 is 0 Å². The predicted octanol–water partition coefficient (Wildman–Crippen LogP) is 1.08. The summed E-state index contributed by atoms with van der Waals surface area (Å²) < 4.78 is 10.5. The molecule has 2 heterocycles. The van der Waals surface area contributed by atoms with E-state index in [2.05, 4.69) is 5.32 Å². The molecule has 0 radical (unpaired) electrons. The fraction of sp³-hybridized carbons (Fsp3) is 0.500. The minimum atomic E-state index is -1.03. The molecule has 18 heavy (non-hydrogen) atoms. The Morgan fingerprint density at radius 3 is 2.89 bits per heavy atom. The van der Waals surface area contributed by atoms with Gasteiger partial charge in [-0.25, -0.2) is 4.79 Å². The topological polar surface area (TPSA) is 88.8 Å². The number of carboxylic acid groups (broad SMARTS) is 1. The van der Waals surface area contributed by atoms with Crippen LogP contribution in [0.15, 0.2) is 10.5 Å². The molecular formula is C12H15NO5. The minimum absolute atomic E-state index is 0.122. The summed E-state index contributed by atoms with van der Waals surface area (Å²) in [4.78, 5) is 22.5. The number of amides is 1. The molecule has 2 rings (SSSR count). The molecular weight excluding hydrogens is 238 g/mol. The fourth-order valence-corrected chi connectivity index (χ4v) is 1.92. The molecule has 1 aliphatic rings. The highest BCUT2D eigenvalue weighted by Gasteiger charge is 2.23. The number of aromatic carboxylic acids is 1. The van der Waals surface area contributed by atoms with Crippen molar-refractivity contribution in [1.82, 2.24) is 5.32 Å². The molecule has 1 aliphatic heterocycles. The Labute approximate surface area is 104 Å². The van der Waals surface area contributed by atoms with Crippen LogP contribution in [-0.4, -0.2) is 29.7 Å². The van der Waals surface area contributed by atoms with Gasteiger partial charge < -0.3 is 19.6 Å². The molecule has 98 valence electrons. The van der Waals surface area contributed by atoms with E-state index in [9.17, 15) is 9.59 Å². The first-order chi connectivity index (χ1) is 8.58. The quantitative estimate of drug-likeness (QED) is 0.838. The number of hydrogen-bond donors (Lipinski definition) is 2. The lowest BCUT2D eigenvalue weighted by atomic mass is 10.2. The first kappa shape index (κ1) is 12.6. The Balaban J connectivity index is 1.91. The second-order valence-electron chi connectivity index (χ2n) is 4.21. The van der Waals surface area contributed by atoms with E-state index in [0.29, 0.717) is 18.1 Å². The van der Waals surface area contributed by atoms with Gasteiger partial charge in [-0.15, -0.1) is 0 Å². The van der Waals surface area contributed by atoms with Gasteiger partial charge in [0.25, 0.3) is 0 Å². The van der Waals surface area contributed by atoms with Crippen molar-refractivity contribution in [2.75, 3.05) is 6.61 Å². The van der Waals surface area contributed by atoms with Gasteiger partial charge in [-0.3, -0.25) is 4.79 Å². The van der Waals surface area contributed by atoms with Crippen molar-refractivity contribution < 1.29 is 23.8 Å². The third-order valence-corrected chi connectivity index (χ3v) is 2.86. The zero-order valence-corrected chi connectivity index (χ0v) is 10.1. The number of aryl methyl sites for hydroxylation is 1. The van der Waals surface area contributed by atoms with Crippen LogP contribution in [0.4, 0.5) is 0 Å². The van der Waals surface area contributed by atoms with Crippen LogP contribution in [0.5, 0.6) is 0 Å². The van der Waals surface area contributed by atoms with E-state index in [1.54, 1.807) is 6.92 Å². The molecule has 0 aliphatic carbocycles. The van der Waals surface area contributed by atoms with E-state index in [0.717, 1.165) is 12.8 Å². The maximum absolute atomic E-state index is 11.7. The Bertz CT molecular complexity index is 459. The predicted molar refractivity (Wildman–Crippen MR) is 61.2 cm³/mol. The van der Waals surface area contributed by atoms with Gasteiger partial charge in [0.1, 0.15) is 23.2 Å². The average Bonchev–Trinajstić information content (AvgIpc) is 2.94. The first-order valence-electron chi connectivity index (χ1n) is 5.80. The van der Waals surface area contributed by atoms with Crippen molar-refractivity contribution in [1.29, 1.82) is 0 Å². The molecule has 0 bridgehead atoms. The molecule has 1 fully saturated rings. The summed E-state index contributed by atoms with van der Waals surface area (Å²) >= 11 is 0. The SMILES string of the molecule is Cc1oc(CNC(=O)[C@H]2CCCO2)cc1C(=O)O. The van der Waals surface area contributed by atoms with E-state index in [-0.39, 0.29) is 24.1 Å². The molecule has 6 heteroatoms. The second kappa shape index (κ2) is 5.22. The van der Waals surface area contributed by atoms with Crippen LogP contribution in [0.3, 0.4) is 0 Å². The lowest BCUT2D eigenvalue weighted by molar-refractivity contribution is -0.130. The van der Waals surface area contributed by atoms with Gasteiger partial charge in [0.15, 0.2) is 0 Å². The van der Waals surface area contributed by atoms with E-state index >= 15 is 0 Å². The number of rotatable bonds is 4. The van der Waals surface area contributed by atoms with Crippen LogP contribution in [0.25, 0.3) is 0 Å². The molecule has 0 spiro atoms. The lowest BCUT2D eigenvalue weighted by Crippen LogP contribution is -2.33. The maximum atomic E-state index is 11.7. The zero-order chi connectivity index (χ0) is 13.1. The van der Waals surface area contributed by atoms with Crippen molar-refractivity contribution in [2.45, 2.75) is 32.4 Å².